The van der Waals surface area contributed by atoms with Crippen molar-refractivity contribution in [2.45, 2.75) is 70.0 Å². The minimum absolute atomic E-state index is 0.169. The number of carbonyl (C=O) groups is 1. The second kappa shape index (κ2) is 4.74. The van der Waals surface area contributed by atoms with Crippen molar-refractivity contribution in [1.29, 1.82) is 0 Å². The number of ether oxygens (including phenoxy) is 1. The molecule has 1 N–H and O–H groups in total. The quantitative estimate of drug-likeness (QED) is 0.804. The Morgan fingerprint density at radius 2 is 1.81 bits per heavy atom. The first kappa shape index (κ1) is 11.9. The van der Waals surface area contributed by atoms with E-state index in [9.17, 15) is 9.90 Å². The summed E-state index contributed by atoms with van der Waals surface area (Å²) >= 11 is 0. The maximum atomic E-state index is 11.4. The molecule has 3 heteroatoms. The van der Waals surface area contributed by atoms with E-state index in [1.807, 2.05) is 0 Å². The smallest absolute Gasteiger partial charge is 0.335 e. The van der Waals surface area contributed by atoms with Crippen LogP contribution in [0.4, 0.5) is 0 Å². The lowest BCUT2D eigenvalue weighted by Gasteiger charge is -2.35. The van der Waals surface area contributed by atoms with Gasteiger partial charge in [0.15, 0.2) is 5.60 Å². The van der Waals surface area contributed by atoms with Crippen LogP contribution in [-0.4, -0.2) is 22.8 Å². The highest BCUT2D eigenvalue weighted by molar-refractivity contribution is 5.77. The lowest BCUT2D eigenvalue weighted by Crippen LogP contribution is -2.44. The normalized spacial score (nSPS) is 33.8. The van der Waals surface area contributed by atoms with E-state index in [2.05, 4.69) is 6.92 Å². The maximum absolute atomic E-state index is 11.4. The van der Waals surface area contributed by atoms with Crippen LogP contribution in [0.1, 0.15) is 58.3 Å². The van der Waals surface area contributed by atoms with Crippen molar-refractivity contribution in [3.05, 3.63) is 0 Å². The highest BCUT2D eigenvalue weighted by Crippen LogP contribution is 2.38. The van der Waals surface area contributed by atoms with E-state index in [1.54, 1.807) is 0 Å². The average Bonchev–Trinajstić information content (AvgIpc) is 2.71. The van der Waals surface area contributed by atoms with Crippen LogP contribution in [0.3, 0.4) is 0 Å². The summed E-state index contributed by atoms with van der Waals surface area (Å²) < 4.78 is 6.01. The Kier molecular flexibility index (Phi) is 3.53. The zero-order valence-corrected chi connectivity index (χ0v) is 10.1. The summed E-state index contributed by atoms with van der Waals surface area (Å²) in [5.74, 6) is -0.228. The number of carboxylic acid groups (broad SMARTS) is 1. The van der Waals surface area contributed by atoms with Gasteiger partial charge in [-0.05, 0) is 44.4 Å². The van der Waals surface area contributed by atoms with E-state index >= 15 is 0 Å². The van der Waals surface area contributed by atoms with E-state index in [4.69, 9.17) is 4.74 Å². The van der Waals surface area contributed by atoms with E-state index in [1.165, 1.54) is 19.3 Å². The minimum atomic E-state index is -0.851. The SMILES string of the molecule is CC1CCCCC1OC1(C(=O)O)CCCC1. The second-order valence-corrected chi connectivity index (χ2v) is 5.42. The Labute approximate surface area is 97.2 Å². The van der Waals surface area contributed by atoms with Gasteiger partial charge in [-0.1, -0.05) is 19.8 Å². The lowest BCUT2D eigenvalue weighted by atomic mass is 9.87. The largest absolute Gasteiger partial charge is 0.479 e. The van der Waals surface area contributed by atoms with Gasteiger partial charge in [-0.3, -0.25) is 0 Å². The molecular weight excluding hydrogens is 204 g/mol. The number of hydrogen-bond donors (Lipinski definition) is 1. The summed E-state index contributed by atoms with van der Waals surface area (Å²) in [4.78, 5) is 11.4. The molecule has 92 valence electrons. The Morgan fingerprint density at radius 3 is 2.38 bits per heavy atom. The topological polar surface area (TPSA) is 46.5 Å². The first-order valence-corrected chi connectivity index (χ1v) is 6.55. The highest BCUT2D eigenvalue weighted by Gasteiger charge is 2.45. The van der Waals surface area contributed by atoms with Crippen molar-refractivity contribution in [1.82, 2.24) is 0 Å². The number of hydrogen-bond acceptors (Lipinski definition) is 2. The van der Waals surface area contributed by atoms with Gasteiger partial charge in [0, 0.05) is 0 Å². The van der Waals surface area contributed by atoms with Crippen LogP contribution in [0.2, 0.25) is 0 Å². The summed E-state index contributed by atoms with van der Waals surface area (Å²) in [7, 11) is 0. The molecule has 0 aromatic heterocycles. The predicted octanol–water partition coefficient (Wildman–Crippen LogP) is 2.98. The van der Waals surface area contributed by atoms with Crippen molar-refractivity contribution in [2.24, 2.45) is 5.92 Å². The van der Waals surface area contributed by atoms with Gasteiger partial charge >= 0.3 is 5.97 Å². The van der Waals surface area contributed by atoms with Crippen molar-refractivity contribution in [2.75, 3.05) is 0 Å². The van der Waals surface area contributed by atoms with Crippen molar-refractivity contribution >= 4 is 5.97 Å². The average molecular weight is 226 g/mol. The van der Waals surface area contributed by atoms with Gasteiger partial charge < -0.3 is 9.84 Å². The highest BCUT2D eigenvalue weighted by atomic mass is 16.5. The van der Waals surface area contributed by atoms with Gasteiger partial charge in [0.1, 0.15) is 0 Å². The van der Waals surface area contributed by atoms with Crippen LogP contribution in [-0.2, 0) is 9.53 Å². The van der Waals surface area contributed by atoms with E-state index < -0.39 is 11.6 Å². The standard InChI is InChI=1S/C13H22O3/c1-10-6-2-3-7-11(10)16-13(12(14)15)8-4-5-9-13/h10-11H,2-9H2,1H3,(H,14,15). The minimum Gasteiger partial charge on any atom is -0.479 e. The van der Waals surface area contributed by atoms with Crippen molar-refractivity contribution in [3.8, 4) is 0 Å². The molecule has 2 aliphatic rings. The molecule has 0 amide bonds. The molecule has 0 bridgehead atoms. The molecule has 2 aliphatic carbocycles. The predicted molar refractivity (Wildman–Crippen MR) is 61.3 cm³/mol. The number of rotatable bonds is 3. The molecule has 0 aromatic rings. The number of aliphatic carboxylic acids is 1. The van der Waals surface area contributed by atoms with Crippen LogP contribution >= 0.6 is 0 Å². The molecule has 2 saturated carbocycles. The van der Waals surface area contributed by atoms with Crippen LogP contribution in [0, 0.1) is 5.92 Å². The fourth-order valence-corrected chi connectivity index (χ4v) is 3.08. The van der Waals surface area contributed by atoms with Gasteiger partial charge in [-0.2, -0.15) is 0 Å². The van der Waals surface area contributed by atoms with Crippen molar-refractivity contribution in [3.63, 3.8) is 0 Å². The third kappa shape index (κ3) is 2.24. The van der Waals surface area contributed by atoms with Crippen LogP contribution in [0.15, 0.2) is 0 Å². The monoisotopic (exact) mass is 226 g/mol. The van der Waals surface area contributed by atoms with Crippen molar-refractivity contribution < 1.29 is 14.6 Å². The summed E-state index contributed by atoms with van der Waals surface area (Å²) in [6.07, 6.45) is 8.23. The molecule has 2 rings (SSSR count). The molecule has 2 unspecified atom stereocenters. The Morgan fingerprint density at radius 1 is 1.19 bits per heavy atom. The van der Waals surface area contributed by atoms with Crippen LogP contribution < -0.4 is 0 Å². The molecule has 2 atom stereocenters. The van der Waals surface area contributed by atoms with Crippen LogP contribution in [0.5, 0.6) is 0 Å². The van der Waals surface area contributed by atoms with Gasteiger partial charge in [0.2, 0.25) is 0 Å². The Balaban J connectivity index is 2.02. The Bertz CT molecular complexity index is 256. The van der Waals surface area contributed by atoms with Crippen LogP contribution in [0.25, 0.3) is 0 Å². The molecule has 16 heavy (non-hydrogen) atoms. The molecule has 2 fully saturated rings. The zero-order valence-electron chi connectivity index (χ0n) is 10.1. The molecule has 0 saturated heterocycles. The molecule has 0 spiro atoms. The van der Waals surface area contributed by atoms with Gasteiger partial charge in [0.25, 0.3) is 0 Å². The summed E-state index contributed by atoms with van der Waals surface area (Å²) in [6, 6.07) is 0. The van der Waals surface area contributed by atoms with E-state index in [-0.39, 0.29) is 6.10 Å². The molecule has 0 heterocycles. The van der Waals surface area contributed by atoms with E-state index in [0.29, 0.717) is 18.8 Å². The van der Waals surface area contributed by atoms with E-state index in [0.717, 1.165) is 19.3 Å². The summed E-state index contributed by atoms with van der Waals surface area (Å²) in [5.41, 5.74) is -0.851. The third-order valence-corrected chi connectivity index (χ3v) is 4.21. The van der Waals surface area contributed by atoms with Gasteiger partial charge in [-0.15, -0.1) is 0 Å². The molecular formula is C13H22O3. The fourth-order valence-electron chi connectivity index (χ4n) is 3.08. The van der Waals surface area contributed by atoms with Gasteiger partial charge in [-0.25, -0.2) is 4.79 Å². The maximum Gasteiger partial charge on any atom is 0.335 e. The zero-order chi connectivity index (χ0) is 11.6. The summed E-state index contributed by atoms with van der Waals surface area (Å²) in [6.45, 7) is 2.19. The summed E-state index contributed by atoms with van der Waals surface area (Å²) in [5, 5.41) is 9.36. The molecule has 0 aromatic carbocycles. The lowest BCUT2D eigenvalue weighted by molar-refractivity contribution is -0.179. The Hall–Kier alpha value is -0.570. The fraction of sp³-hybridized carbons (Fsp3) is 0.923. The molecule has 0 radical (unpaired) electrons. The number of carboxylic acids is 1. The molecule has 3 nitrogen and oxygen atoms in total. The van der Waals surface area contributed by atoms with Gasteiger partial charge in [0.05, 0.1) is 6.10 Å². The first-order chi connectivity index (χ1) is 7.64. The molecule has 0 aliphatic heterocycles. The second-order valence-electron chi connectivity index (χ2n) is 5.42. The first-order valence-electron chi connectivity index (χ1n) is 6.55. The third-order valence-electron chi connectivity index (χ3n) is 4.21.